The monoisotopic (exact) mass is 229 g/mol. The van der Waals surface area contributed by atoms with Crippen LogP contribution >= 0.6 is 16.5 Å². The molecule has 1 N–H and O–H groups in total. The predicted molar refractivity (Wildman–Crippen MR) is 42.9 cm³/mol. The SMILES string of the molecule is CCC(CC)(O[P+](=O)[O-])O[P+](=O)O. The lowest BCUT2D eigenvalue weighted by atomic mass is 10.2. The van der Waals surface area contributed by atoms with Crippen molar-refractivity contribution in [2.75, 3.05) is 0 Å². The summed E-state index contributed by atoms with van der Waals surface area (Å²) in [6.07, 6.45) is 0.350. The fraction of sp³-hybridized carbons (Fsp3) is 1.00. The number of rotatable bonds is 6. The van der Waals surface area contributed by atoms with E-state index >= 15 is 0 Å². The second kappa shape index (κ2) is 5.70. The molecule has 0 heterocycles. The Hall–Kier alpha value is 0.0400. The van der Waals surface area contributed by atoms with Gasteiger partial charge in [0.1, 0.15) is 0 Å². The molecule has 0 saturated carbocycles. The maximum Gasteiger partial charge on any atom is 0.697 e. The Morgan fingerprint density at radius 3 is 2.00 bits per heavy atom. The van der Waals surface area contributed by atoms with Gasteiger partial charge in [-0.05, 0) is 4.57 Å². The summed E-state index contributed by atoms with van der Waals surface area (Å²) in [5, 5.41) is 0. The van der Waals surface area contributed by atoms with Crippen LogP contribution in [0.25, 0.3) is 0 Å². The molecule has 8 heteroatoms. The molecule has 0 saturated heterocycles. The molecule has 0 amide bonds. The molecule has 13 heavy (non-hydrogen) atoms. The van der Waals surface area contributed by atoms with Crippen molar-refractivity contribution in [3.63, 3.8) is 0 Å². The van der Waals surface area contributed by atoms with Gasteiger partial charge in [0.05, 0.1) is 0 Å². The zero-order valence-corrected chi connectivity index (χ0v) is 9.09. The summed E-state index contributed by atoms with van der Waals surface area (Å²) in [7, 11) is -5.97. The average molecular weight is 229 g/mol. The summed E-state index contributed by atoms with van der Waals surface area (Å²) in [4.78, 5) is 18.7. The maximum absolute atomic E-state index is 10.4. The van der Waals surface area contributed by atoms with Crippen molar-refractivity contribution in [2.45, 2.75) is 32.5 Å². The lowest BCUT2D eigenvalue weighted by molar-refractivity contribution is -0.219. The smallest absolute Gasteiger partial charge is 0.566 e. The van der Waals surface area contributed by atoms with E-state index in [1.165, 1.54) is 0 Å². The lowest BCUT2D eigenvalue weighted by Gasteiger charge is -2.17. The van der Waals surface area contributed by atoms with E-state index in [1.807, 2.05) is 0 Å². The second-order valence-electron chi connectivity index (χ2n) is 2.26. The Morgan fingerprint density at radius 2 is 1.77 bits per heavy atom. The highest BCUT2D eigenvalue weighted by Gasteiger charge is 2.44. The fourth-order valence-corrected chi connectivity index (χ4v) is 2.01. The van der Waals surface area contributed by atoms with Crippen LogP contribution in [-0.2, 0) is 18.2 Å². The molecule has 0 aromatic heterocycles. The number of hydrogen-bond acceptors (Lipinski definition) is 5. The molecule has 0 aliphatic heterocycles. The third-order valence-electron chi connectivity index (χ3n) is 1.56. The van der Waals surface area contributed by atoms with Gasteiger partial charge in [0.15, 0.2) is 0 Å². The van der Waals surface area contributed by atoms with Gasteiger partial charge in [-0.2, -0.15) is 0 Å². The van der Waals surface area contributed by atoms with Gasteiger partial charge in [-0.1, -0.05) is 18.4 Å². The van der Waals surface area contributed by atoms with Gasteiger partial charge >= 0.3 is 16.5 Å². The molecule has 0 rings (SSSR count). The van der Waals surface area contributed by atoms with Crippen LogP contribution in [0.1, 0.15) is 26.7 Å². The van der Waals surface area contributed by atoms with Crippen molar-refractivity contribution in [1.82, 2.24) is 0 Å². The Kier molecular flexibility index (Phi) is 5.72. The summed E-state index contributed by atoms with van der Waals surface area (Å²) in [6.45, 7) is 3.20. The third kappa shape index (κ3) is 4.72. The Bertz CT molecular complexity index is 183. The van der Waals surface area contributed by atoms with Crippen molar-refractivity contribution in [3.05, 3.63) is 0 Å². The fourth-order valence-electron chi connectivity index (χ4n) is 0.803. The minimum Gasteiger partial charge on any atom is -0.566 e. The van der Waals surface area contributed by atoms with Crippen LogP contribution in [0.15, 0.2) is 0 Å². The first-order valence-electron chi connectivity index (χ1n) is 3.64. The van der Waals surface area contributed by atoms with Crippen molar-refractivity contribution in [2.24, 2.45) is 0 Å². The van der Waals surface area contributed by atoms with Crippen molar-refractivity contribution in [3.8, 4) is 0 Å². The van der Waals surface area contributed by atoms with Gasteiger partial charge in [0.2, 0.25) is 0 Å². The summed E-state index contributed by atoms with van der Waals surface area (Å²) in [5.74, 6) is -1.50. The van der Waals surface area contributed by atoms with E-state index in [9.17, 15) is 14.0 Å². The average Bonchev–Trinajstić information content (AvgIpc) is 2.01. The largest absolute Gasteiger partial charge is 0.697 e. The van der Waals surface area contributed by atoms with E-state index in [0.29, 0.717) is 0 Å². The molecule has 0 spiro atoms. The van der Waals surface area contributed by atoms with Gasteiger partial charge in [0.25, 0.3) is 5.79 Å². The molecule has 0 aromatic rings. The van der Waals surface area contributed by atoms with Gasteiger partial charge in [-0.25, -0.2) is 0 Å². The Labute approximate surface area is 77.8 Å². The molecular weight excluding hydrogens is 218 g/mol. The Morgan fingerprint density at radius 1 is 1.31 bits per heavy atom. The zero-order chi connectivity index (χ0) is 10.5. The van der Waals surface area contributed by atoms with E-state index in [4.69, 9.17) is 4.89 Å². The molecular formula is C5H11O6P2+. The van der Waals surface area contributed by atoms with Gasteiger partial charge in [0, 0.05) is 17.4 Å². The molecule has 6 nitrogen and oxygen atoms in total. The van der Waals surface area contributed by atoms with Gasteiger partial charge < -0.3 is 4.89 Å². The topological polar surface area (TPSA) is 95.9 Å². The van der Waals surface area contributed by atoms with E-state index in [1.54, 1.807) is 13.8 Å². The van der Waals surface area contributed by atoms with Crippen molar-refractivity contribution in [1.29, 1.82) is 0 Å². The molecule has 0 aliphatic carbocycles. The van der Waals surface area contributed by atoms with Crippen LogP contribution in [0.2, 0.25) is 0 Å². The lowest BCUT2D eigenvalue weighted by Crippen LogP contribution is -2.30. The summed E-state index contributed by atoms with van der Waals surface area (Å²) < 4.78 is 29.6. The minimum atomic E-state index is -3.10. The molecule has 0 aliphatic rings. The third-order valence-corrected chi connectivity index (χ3v) is 2.53. The van der Waals surface area contributed by atoms with E-state index in [2.05, 4.69) is 9.05 Å². The predicted octanol–water partition coefficient (Wildman–Crippen LogP) is 1.20. The van der Waals surface area contributed by atoms with Gasteiger partial charge in [-0.15, -0.1) is 9.42 Å². The number of hydrogen-bond donors (Lipinski definition) is 1. The van der Waals surface area contributed by atoms with Crippen LogP contribution in [0.4, 0.5) is 0 Å². The molecule has 76 valence electrons. The van der Waals surface area contributed by atoms with E-state index in [0.717, 1.165) is 0 Å². The summed E-state index contributed by atoms with van der Waals surface area (Å²) >= 11 is 0. The van der Waals surface area contributed by atoms with Gasteiger partial charge in [-0.3, -0.25) is 0 Å². The minimum absolute atomic E-state index is 0.175. The molecule has 0 radical (unpaired) electrons. The highest BCUT2D eigenvalue weighted by Crippen LogP contribution is 2.37. The van der Waals surface area contributed by atoms with Crippen LogP contribution in [-0.4, -0.2) is 10.7 Å². The quantitative estimate of drug-likeness (QED) is 0.543. The van der Waals surface area contributed by atoms with E-state index in [-0.39, 0.29) is 12.8 Å². The summed E-state index contributed by atoms with van der Waals surface area (Å²) in [6, 6.07) is 0. The molecule has 0 aromatic carbocycles. The van der Waals surface area contributed by atoms with Crippen molar-refractivity contribution < 1.29 is 28.0 Å². The maximum atomic E-state index is 10.4. The molecule has 0 bridgehead atoms. The summed E-state index contributed by atoms with van der Waals surface area (Å²) in [5.41, 5.74) is 0. The first-order chi connectivity index (χ1) is 5.95. The Balaban J connectivity index is 4.48. The van der Waals surface area contributed by atoms with Crippen LogP contribution in [0.3, 0.4) is 0 Å². The van der Waals surface area contributed by atoms with Crippen LogP contribution < -0.4 is 4.89 Å². The first-order valence-corrected chi connectivity index (χ1v) is 5.87. The van der Waals surface area contributed by atoms with Crippen LogP contribution in [0, 0.1) is 0 Å². The van der Waals surface area contributed by atoms with Crippen LogP contribution in [0.5, 0.6) is 0 Å². The van der Waals surface area contributed by atoms with E-state index < -0.39 is 22.3 Å². The highest BCUT2D eigenvalue weighted by atomic mass is 31.1. The standard InChI is InChI=1S/C5H10O6P2/c1-3-5(4-2,10-12(6)7)11-13(8)9/h3-4H2,1-2H3/p+1. The highest BCUT2D eigenvalue weighted by molar-refractivity contribution is 7.32. The first kappa shape index (κ1) is 13.0. The normalized spacial score (nSPS) is 14.2. The zero-order valence-electron chi connectivity index (χ0n) is 7.30. The molecule has 0 fully saturated rings. The molecule has 2 atom stereocenters. The second-order valence-corrected chi connectivity index (χ2v) is 3.55. The van der Waals surface area contributed by atoms with Crippen molar-refractivity contribution >= 4 is 16.5 Å². The molecule has 2 unspecified atom stereocenters.